The second kappa shape index (κ2) is 8.41. The maximum atomic E-state index is 11.8. The highest BCUT2D eigenvalue weighted by molar-refractivity contribution is 5.82. The largest absolute Gasteiger partial charge is 0.493 e. The summed E-state index contributed by atoms with van der Waals surface area (Å²) in [5.74, 6) is 1.56. The molecule has 2 aliphatic rings. The van der Waals surface area contributed by atoms with Crippen molar-refractivity contribution in [1.82, 2.24) is 5.32 Å². The molecule has 0 saturated carbocycles. The lowest BCUT2D eigenvalue weighted by Gasteiger charge is -2.24. The number of methoxy groups -OCH3 is 3. The molecule has 28 heavy (non-hydrogen) atoms. The smallest absolute Gasteiger partial charge is 0.217 e. The molecule has 0 radical (unpaired) electrons. The zero-order valence-electron chi connectivity index (χ0n) is 16.9. The third kappa shape index (κ3) is 3.69. The van der Waals surface area contributed by atoms with Gasteiger partial charge in [-0.2, -0.15) is 0 Å². The molecule has 0 fully saturated rings. The van der Waals surface area contributed by atoms with Crippen LogP contribution in [0.4, 0.5) is 0 Å². The van der Waals surface area contributed by atoms with E-state index in [1.165, 1.54) is 6.92 Å². The summed E-state index contributed by atoms with van der Waals surface area (Å²) in [5, 5.41) is 23.7. The molecular weight excluding hydrogens is 362 g/mol. The Morgan fingerprint density at radius 3 is 2.36 bits per heavy atom. The highest BCUT2D eigenvalue weighted by atomic mass is 16.5. The van der Waals surface area contributed by atoms with Crippen LogP contribution in [0, 0.1) is 0 Å². The minimum absolute atomic E-state index is 0.121. The summed E-state index contributed by atoms with van der Waals surface area (Å²) in [7, 11) is 4.75. The van der Waals surface area contributed by atoms with Gasteiger partial charge in [0.05, 0.1) is 39.6 Å². The summed E-state index contributed by atoms with van der Waals surface area (Å²) >= 11 is 0. The van der Waals surface area contributed by atoms with E-state index in [4.69, 9.17) is 14.2 Å². The van der Waals surface area contributed by atoms with E-state index in [1.807, 2.05) is 6.07 Å². The predicted molar refractivity (Wildman–Crippen MR) is 105 cm³/mol. The van der Waals surface area contributed by atoms with Gasteiger partial charge in [-0.3, -0.25) is 4.79 Å². The molecule has 1 amide bonds. The Hall–Kier alpha value is -2.25. The molecule has 1 aromatic rings. The van der Waals surface area contributed by atoms with Crippen molar-refractivity contribution in [3.8, 4) is 17.2 Å². The number of allylic oxidation sites excluding steroid dienone is 1. The normalized spacial score (nSPS) is 24.4. The van der Waals surface area contributed by atoms with Crippen LogP contribution in [0.3, 0.4) is 0 Å². The van der Waals surface area contributed by atoms with E-state index < -0.39 is 12.2 Å². The Morgan fingerprint density at radius 2 is 1.75 bits per heavy atom. The van der Waals surface area contributed by atoms with Crippen LogP contribution in [0.25, 0.3) is 5.57 Å². The van der Waals surface area contributed by atoms with Crippen molar-refractivity contribution in [2.45, 2.75) is 57.3 Å². The molecule has 0 aliphatic heterocycles. The van der Waals surface area contributed by atoms with E-state index in [0.717, 1.165) is 22.3 Å². The monoisotopic (exact) mass is 391 g/mol. The third-order valence-corrected chi connectivity index (χ3v) is 5.66. The van der Waals surface area contributed by atoms with Crippen molar-refractivity contribution in [2.75, 3.05) is 21.3 Å². The number of hydrogen-bond acceptors (Lipinski definition) is 6. The van der Waals surface area contributed by atoms with Crippen LogP contribution in [-0.4, -0.2) is 55.7 Å². The fourth-order valence-electron chi connectivity index (χ4n) is 4.38. The number of hydrogen-bond donors (Lipinski definition) is 3. The fourth-order valence-corrected chi connectivity index (χ4v) is 4.38. The Labute approximate surface area is 165 Å². The van der Waals surface area contributed by atoms with E-state index in [0.29, 0.717) is 49.4 Å². The van der Waals surface area contributed by atoms with E-state index in [2.05, 4.69) is 5.32 Å². The number of aliphatic hydroxyl groups excluding tert-OH is 2. The summed E-state index contributed by atoms with van der Waals surface area (Å²) in [5.41, 5.74) is 3.91. The molecule has 2 aliphatic carbocycles. The summed E-state index contributed by atoms with van der Waals surface area (Å²) in [6.45, 7) is 1.49. The number of fused-ring (bicyclic) bond motifs is 2. The maximum absolute atomic E-state index is 11.8. The Morgan fingerprint density at radius 1 is 1.04 bits per heavy atom. The predicted octanol–water partition coefficient (Wildman–Crippen LogP) is 1.82. The van der Waals surface area contributed by atoms with Crippen LogP contribution in [0.5, 0.6) is 17.2 Å². The zero-order valence-corrected chi connectivity index (χ0v) is 16.9. The fraction of sp³-hybridized carbons (Fsp3) is 0.571. The van der Waals surface area contributed by atoms with Gasteiger partial charge in [0.15, 0.2) is 11.5 Å². The van der Waals surface area contributed by atoms with Crippen LogP contribution < -0.4 is 19.5 Å². The van der Waals surface area contributed by atoms with Crippen molar-refractivity contribution < 1.29 is 29.2 Å². The van der Waals surface area contributed by atoms with Gasteiger partial charge in [-0.05, 0) is 54.9 Å². The minimum Gasteiger partial charge on any atom is -0.493 e. The first-order valence-electron chi connectivity index (χ1n) is 9.58. The first-order valence-corrected chi connectivity index (χ1v) is 9.58. The number of amides is 1. The van der Waals surface area contributed by atoms with E-state index >= 15 is 0 Å². The molecule has 154 valence electrons. The number of aliphatic hydroxyl groups is 2. The minimum atomic E-state index is -0.864. The molecule has 3 atom stereocenters. The van der Waals surface area contributed by atoms with Gasteiger partial charge < -0.3 is 29.7 Å². The number of benzene rings is 1. The molecule has 7 nitrogen and oxygen atoms in total. The molecule has 0 unspecified atom stereocenters. The van der Waals surface area contributed by atoms with Gasteiger partial charge in [0.1, 0.15) is 0 Å². The number of ether oxygens (including phenoxy) is 3. The SMILES string of the molecule is COc1cc2c(c(OC)c1OC)C1=C(C[C@H](O)[C@H](O)CC1)[C@@H](NC(C)=O)CC2. The van der Waals surface area contributed by atoms with Gasteiger partial charge in [-0.25, -0.2) is 0 Å². The summed E-state index contributed by atoms with van der Waals surface area (Å²) in [4.78, 5) is 11.8. The highest BCUT2D eigenvalue weighted by Gasteiger charge is 2.35. The highest BCUT2D eigenvalue weighted by Crippen LogP contribution is 2.49. The summed E-state index contributed by atoms with van der Waals surface area (Å²) in [6, 6.07) is 1.75. The Balaban J connectivity index is 2.26. The van der Waals surface area contributed by atoms with Crippen LogP contribution in [0.2, 0.25) is 0 Å². The number of aryl methyl sites for hydroxylation is 1. The average molecular weight is 391 g/mol. The molecule has 3 N–H and O–H groups in total. The van der Waals surface area contributed by atoms with Crippen molar-refractivity contribution in [3.05, 3.63) is 22.8 Å². The molecule has 0 bridgehead atoms. The first-order chi connectivity index (χ1) is 13.4. The lowest BCUT2D eigenvalue weighted by molar-refractivity contribution is -0.119. The lowest BCUT2D eigenvalue weighted by atomic mass is 9.90. The molecular formula is C21H29NO6. The van der Waals surface area contributed by atoms with Crippen LogP contribution in [-0.2, 0) is 11.2 Å². The Bertz CT molecular complexity index is 788. The standard InChI is InChI=1S/C21H29NO6/c1-11(23)22-15-7-5-12-9-18(26-2)20(27-3)21(28-4)19(12)13-6-8-16(24)17(25)10-14(13)15/h9,15-17,24-25H,5-8,10H2,1-4H3,(H,22,23)/t15-,16+,17-/m0/s1. The second-order valence-electron chi connectivity index (χ2n) is 7.35. The summed E-state index contributed by atoms with van der Waals surface area (Å²) < 4.78 is 16.8. The summed E-state index contributed by atoms with van der Waals surface area (Å²) in [6.07, 6.45) is 1.04. The van der Waals surface area contributed by atoms with Gasteiger partial charge in [-0.15, -0.1) is 0 Å². The molecule has 7 heteroatoms. The first kappa shape index (κ1) is 20.5. The molecule has 3 rings (SSSR count). The molecule has 0 saturated heterocycles. The topological polar surface area (TPSA) is 97.2 Å². The molecule has 0 spiro atoms. The van der Waals surface area contributed by atoms with Crippen LogP contribution in [0.15, 0.2) is 11.6 Å². The number of nitrogens with one attached hydrogen (secondary N) is 1. The molecule has 0 aromatic heterocycles. The van der Waals surface area contributed by atoms with Crippen molar-refractivity contribution in [1.29, 1.82) is 0 Å². The average Bonchev–Trinajstić information content (AvgIpc) is 2.90. The van der Waals surface area contributed by atoms with Crippen LogP contribution >= 0.6 is 0 Å². The van der Waals surface area contributed by atoms with E-state index in [9.17, 15) is 15.0 Å². The second-order valence-corrected chi connectivity index (χ2v) is 7.35. The van der Waals surface area contributed by atoms with Crippen molar-refractivity contribution in [2.24, 2.45) is 0 Å². The molecule has 1 aromatic carbocycles. The van der Waals surface area contributed by atoms with E-state index in [1.54, 1.807) is 21.3 Å². The van der Waals surface area contributed by atoms with Gasteiger partial charge in [0.2, 0.25) is 11.7 Å². The number of carbonyl (C=O) groups excluding carboxylic acids is 1. The Kier molecular flexibility index (Phi) is 6.15. The van der Waals surface area contributed by atoms with Gasteiger partial charge in [-0.1, -0.05) is 0 Å². The van der Waals surface area contributed by atoms with Crippen molar-refractivity contribution in [3.63, 3.8) is 0 Å². The quantitative estimate of drug-likeness (QED) is 0.724. The molecule has 0 heterocycles. The number of carbonyl (C=O) groups is 1. The maximum Gasteiger partial charge on any atom is 0.217 e. The van der Waals surface area contributed by atoms with E-state index in [-0.39, 0.29) is 11.9 Å². The lowest BCUT2D eigenvalue weighted by Crippen LogP contribution is -2.36. The number of rotatable bonds is 4. The van der Waals surface area contributed by atoms with Gasteiger partial charge in [0.25, 0.3) is 0 Å². The third-order valence-electron chi connectivity index (χ3n) is 5.66. The van der Waals surface area contributed by atoms with Crippen LogP contribution in [0.1, 0.15) is 43.7 Å². The van der Waals surface area contributed by atoms with Crippen molar-refractivity contribution >= 4 is 11.5 Å². The van der Waals surface area contributed by atoms with Gasteiger partial charge >= 0.3 is 0 Å². The van der Waals surface area contributed by atoms with Gasteiger partial charge in [0, 0.05) is 12.5 Å². The zero-order chi connectivity index (χ0) is 20.4.